The summed E-state index contributed by atoms with van der Waals surface area (Å²) in [7, 11) is 3.57. The molecule has 3 aliphatic heterocycles. The molecule has 18 heteroatoms. The molecular formula is C37H52N8O10. The zero-order valence-corrected chi connectivity index (χ0v) is 31.5. The number of carbonyl (C=O) groups is 5. The maximum absolute atomic E-state index is 14.1. The van der Waals surface area contributed by atoms with Crippen LogP contribution in [0.15, 0.2) is 29.0 Å². The maximum Gasteiger partial charge on any atom is 0.415 e. The monoisotopic (exact) mass is 768 g/mol. The standard InChI is InChI=1S/C37H52N8O10/c1-20(46)42-19-28(47)43-24(5-4-13-41-34(38)39)32(48)40-14-9-23-17-22(33(49)50)10-15-45(23)35(51)54-26-8-11-37(52)27-18-21-6-7-25(53-3)30-29(21)36(37,31(26)55-30)12-16-44(27)2/h6-8,22-24,27,31,52H,4-5,9-19H2,1-3H3,(H,40,48)(H,42,46)(H,43,47)(H,49,50)(H4,38,39,41). The molecule has 0 saturated carbocycles. The number of ether oxygens (including phenoxy) is 3. The van der Waals surface area contributed by atoms with E-state index in [0.717, 1.165) is 11.1 Å². The third kappa shape index (κ3) is 7.48. The highest BCUT2D eigenvalue weighted by atomic mass is 16.6. The van der Waals surface area contributed by atoms with E-state index in [2.05, 4.69) is 25.8 Å². The molecule has 4 amide bonds. The Morgan fingerprint density at radius 2 is 1.95 bits per heavy atom. The fourth-order valence-corrected chi connectivity index (χ4v) is 9.24. The number of methoxy groups -OCH3 is 1. The van der Waals surface area contributed by atoms with Crippen molar-refractivity contribution in [2.45, 2.75) is 93.5 Å². The van der Waals surface area contributed by atoms with Crippen LogP contribution in [0.3, 0.4) is 0 Å². The van der Waals surface area contributed by atoms with E-state index >= 15 is 0 Å². The van der Waals surface area contributed by atoms with Crippen LogP contribution in [-0.4, -0.2) is 132 Å². The van der Waals surface area contributed by atoms with Gasteiger partial charge in [-0.3, -0.25) is 24.2 Å². The van der Waals surface area contributed by atoms with E-state index in [1.165, 1.54) is 11.8 Å². The first kappa shape index (κ1) is 39.6. The van der Waals surface area contributed by atoms with Crippen LogP contribution in [0, 0.1) is 5.92 Å². The minimum absolute atomic E-state index is 0.0585. The van der Waals surface area contributed by atoms with E-state index in [-0.39, 0.29) is 76.0 Å². The number of nitrogens with two attached hydrogens (primary N) is 2. The number of carboxylic acid groups (broad SMARTS) is 1. The lowest BCUT2D eigenvalue weighted by molar-refractivity contribution is -0.163. The lowest BCUT2D eigenvalue weighted by atomic mass is 9.50. The molecule has 7 atom stereocenters. The maximum atomic E-state index is 14.1. The zero-order chi connectivity index (χ0) is 39.7. The summed E-state index contributed by atoms with van der Waals surface area (Å²) in [5.74, 6) is -1.89. The van der Waals surface area contributed by atoms with Gasteiger partial charge < -0.3 is 61.6 Å². The van der Waals surface area contributed by atoms with Crippen molar-refractivity contribution in [3.05, 3.63) is 35.1 Å². The molecule has 9 N–H and O–H groups in total. The smallest absolute Gasteiger partial charge is 0.415 e. The van der Waals surface area contributed by atoms with Crippen LogP contribution >= 0.6 is 0 Å². The Morgan fingerprint density at radius 3 is 2.65 bits per heavy atom. The van der Waals surface area contributed by atoms with Gasteiger partial charge in [0.25, 0.3) is 0 Å². The van der Waals surface area contributed by atoms with Crippen molar-refractivity contribution >= 4 is 35.7 Å². The van der Waals surface area contributed by atoms with Crippen LogP contribution in [0.1, 0.15) is 63.0 Å². The van der Waals surface area contributed by atoms with E-state index in [0.29, 0.717) is 37.3 Å². The lowest BCUT2D eigenvalue weighted by Gasteiger charge is -2.61. The lowest BCUT2D eigenvalue weighted by Crippen LogP contribution is -2.74. The number of hydrogen-bond donors (Lipinski definition) is 7. The molecule has 2 saturated heterocycles. The van der Waals surface area contributed by atoms with E-state index in [4.69, 9.17) is 25.7 Å². The zero-order valence-electron chi connectivity index (χ0n) is 31.5. The van der Waals surface area contributed by atoms with E-state index < -0.39 is 64.9 Å². The second-order valence-electron chi connectivity index (χ2n) is 15.1. The van der Waals surface area contributed by atoms with Gasteiger partial charge in [0.15, 0.2) is 23.6 Å². The highest BCUT2D eigenvalue weighted by Crippen LogP contribution is 2.65. The van der Waals surface area contributed by atoms with Gasteiger partial charge in [-0.05, 0) is 76.2 Å². The average molecular weight is 769 g/mol. The number of guanidine groups is 1. The highest BCUT2D eigenvalue weighted by Gasteiger charge is 2.72. The number of carbonyl (C=O) groups excluding carboxylic acids is 4. The van der Waals surface area contributed by atoms with Crippen molar-refractivity contribution in [1.29, 1.82) is 0 Å². The van der Waals surface area contributed by atoms with E-state index in [9.17, 15) is 34.2 Å². The summed E-state index contributed by atoms with van der Waals surface area (Å²) in [6, 6.07) is 2.13. The fourth-order valence-electron chi connectivity index (χ4n) is 9.24. The van der Waals surface area contributed by atoms with Crippen molar-refractivity contribution in [3.8, 4) is 11.5 Å². The number of amides is 4. The van der Waals surface area contributed by atoms with Crippen LogP contribution in [0.2, 0.25) is 0 Å². The Hall–Kier alpha value is -5.10. The number of aliphatic imine (C=N–C) groups is 1. The SMILES string of the molecule is COc1ccc2c3c1OC1C(OC(=O)N4CCC(C(=O)O)CC4CCNC(=O)C(CCCN=C(N)N)NC(=O)CNC(C)=O)=CCC4(O)C(C2)N(C)CCC314. The van der Waals surface area contributed by atoms with Crippen molar-refractivity contribution in [2.24, 2.45) is 22.4 Å². The van der Waals surface area contributed by atoms with Gasteiger partial charge in [-0.2, -0.15) is 0 Å². The van der Waals surface area contributed by atoms with Crippen LogP contribution in [0.4, 0.5) is 4.79 Å². The number of likely N-dealkylation sites (N-methyl/N-ethyl adjacent to an activating group) is 1. The number of likely N-dealkylation sites (tertiary alicyclic amines) is 2. The minimum Gasteiger partial charge on any atom is -0.493 e. The molecule has 2 fully saturated rings. The number of hydrogen-bond acceptors (Lipinski definition) is 11. The number of rotatable bonds is 14. The van der Waals surface area contributed by atoms with Crippen LogP contribution in [0.5, 0.6) is 11.5 Å². The quantitative estimate of drug-likeness (QED) is 0.0714. The summed E-state index contributed by atoms with van der Waals surface area (Å²) in [4.78, 5) is 70.9. The van der Waals surface area contributed by atoms with Crippen LogP contribution in [-0.2, 0) is 35.8 Å². The van der Waals surface area contributed by atoms with Crippen molar-refractivity contribution in [2.75, 3.05) is 46.9 Å². The predicted octanol–water partition coefficient (Wildman–Crippen LogP) is -0.544. The average Bonchev–Trinajstić information content (AvgIpc) is 3.50. The topological polar surface area (TPSA) is 260 Å². The Morgan fingerprint density at radius 1 is 1.16 bits per heavy atom. The predicted molar refractivity (Wildman–Crippen MR) is 197 cm³/mol. The Labute approximate surface area is 319 Å². The molecule has 300 valence electrons. The Bertz CT molecular complexity index is 1770. The molecule has 1 aromatic rings. The highest BCUT2D eigenvalue weighted by molar-refractivity contribution is 5.89. The summed E-state index contributed by atoms with van der Waals surface area (Å²) in [5.41, 5.74) is 10.7. The molecule has 55 heavy (non-hydrogen) atoms. The number of aliphatic carboxylic acids is 1. The van der Waals surface area contributed by atoms with Crippen molar-refractivity contribution < 1.29 is 48.4 Å². The Balaban J connectivity index is 1.16. The number of benzene rings is 1. The summed E-state index contributed by atoms with van der Waals surface area (Å²) in [5, 5.41) is 30.2. The molecule has 1 spiro atoms. The van der Waals surface area contributed by atoms with Gasteiger partial charge in [-0.25, -0.2) is 4.79 Å². The number of carboxylic acids is 1. The van der Waals surface area contributed by atoms with E-state index in [1.54, 1.807) is 13.2 Å². The number of piperidine rings is 2. The van der Waals surface area contributed by atoms with Gasteiger partial charge in [-0.1, -0.05) is 6.07 Å². The number of nitrogens with one attached hydrogen (secondary N) is 3. The molecular weight excluding hydrogens is 716 g/mol. The molecule has 0 radical (unpaired) electrons. The van der Waals surface area contributed by atoms with Gasteiger partial charge in [0.2, 0.25) is 17.7 Å². The third-order valence-electron chi connectivity index (χ3n) is 11.9. The van der Waals surface area contributed by atoms with Crippen molar-refractivity contribution in [1.82, 2.24) is 25.8 Å². The second-order valence-corrected chi connectivity index (χ2v) is 15.1. The first-order chi connectivity index (χ1) is 26.2. The van der Waals surface area contributed by atoms with Crippen LogP contribution < -0.4 is 36.9 Å². The van der Waals surface area contributed by atoms with Crippen LogP contribution in [0.25, 0.3) is 0 Å². The molecule has 6 rings (SSSR count). The Kier molecular flexibility index (Phi) is 11.5. The van der Waals surface area contributed by atoms with Gasteiger partial charge in [-0.15, -0.1) is 0 Å². The van der Waals surface area contributed by atoms with Gasteiger partial charge >= 0.3 is 12.1 Å². The minimum atomic E-state index is -1.18. The van der Waals surface area contributed by atoms with Gasteiger partial charge in [0.1, 0.15) is 11.8 Å². The summed E-state index contributed by atoms with van der Waals surface area (Å²) in [6.07, 6.45) is 2.83. The molecule has 2 aliphatic carbocycles. The number of nitrogens with zero attached hydrogens (tertiary/aromatic N) is 3. The third-order valence-corrected chi connectivity index (χ3v) is 11.9. The molecule has 18 nitrogen and oxygen atoms in total. The van der Waals surface area contributed by atoms with Crippen molar-refractivity contribution in [3.63, 3.8) is 0 Å². The van der Waals surface area contributed by atoms with Gasteiger partial charge in [0.05, 0.1) is 30.6 Å². The van der Waals surface area contributed by atoms with E-state index in [1.807, 2.05) is 19.2 Å². The molecule has 2 bridgehead atoms. The summed E-state index contributed by atoms with van der Waals surface area (Å²) >= 11 is 0. The molecule has 1 aromatic carbocycles. The molecule has 7 unspecified atom stereocenters. The number of aliphatic hydroxyl groups is 1. The second kappa shape index (κ2) is 15.9. The molecule has 0 aromatic heterocycles. The first-order valence-electron chi connectivity index (χ1n) is 18.8. The molecule has 5 aliphatic rings. The first-order valence-corrected chi connectivity index (χ1v) is 18.8. The summed E-state index contributed by atoms with van der Waals surface area (Å²) < 4.78 is 18.5. The molecule has 3 heterocycles. The fraction of sp³-hybridized carbons (Fsp3) is 0.622. The normalized spacial score (nSPS) is 28.0. The summed E-state index contributed by atoms with van der Waals surface area (Å²) in [6.45, 7) is 2.05. The van der Waals surface area contributed by atoms with Gasteiger partial charge in [0, 0.05) is 50.6 Å². The largest absolute Gasteiger partial charge is 0.493 e.